The van der Waals surface area contributed by atoms with E-state index >= 15 is 0 Å². The summed E-state index contributed by atoms with van der Waals surface area (Å²) in [6.07, 6.45) is 2.31. The summed E-state index contributed by atoms with van der Waals surface area (Å²) in [4.78, 5) is 9.43. The molecule has 0 saturated carbocycles. The highest BCUT2D eigenvalue weighted by Gasteiger charge is 1.89. The van der Waals surface area contributed by atoms with Crippen LogP contribution >= 0.6 is 0 Å². The molecule has 0 aliphatic heterocycles. The lowest BCUT2D eigenvalue weighted by atomic mass is 10.2. The van der Waals surface area contributed by atoms with E-state index in [0.717, 1.165) is 11.8 Å². The molecule has 4 nitrogen and oxygen atoms in total. The maximum absolute atomic E-state index is 9.93. The van der Waals surface area contributed by atoms with Crippen molar-refractivity contribution in [2.75, 3.05) is 5.73 Å². The van der Waals surface area contributed by atoms with Crippen LogP contribution in [0.3, 0.4) is 0 Å². The van der Waals surface area contributed by atoms with Crippen LogP contribution in [0.1, 0.15) is 5.56 Å². The summed E-state index contributed by atoms with van der Waals surface area (Å²) < 4.78 is 0. The lowest BCUT2D eigenvalue weighted by Crippen LogP contribution is -1.84. The predicted octanol–water partition coefficient (Wildman–Crippen LogP) is 1.52. The van der Waals surface area contributed by atoms with Gasteiger partial charge in [0.1, 0.15) is 0 Å². The van der Waals surface area contributed by atoms with Gasteiger partial charge in [-0.1, -0.05) is 12.1 Å². The fourth-order valence-electron chi connectivity index (χ4n) is 0.754. The molecule has 0 fully saturated rings. The van der Waals surface area contributed by atoms with Crippen LogP contribution in [-0.4, -0.2) is 4.92 Å². The van der Waals surface area contributed by atoms with E-state index in [1.165, 1.54) is 6.08 Å². The summed E-state index contributed by atoms with van der Waals surface area (Å²) >= 11 is 0. The number of benzene rings is 1. The quantitative estimate of drug-likeness (QED) is 0.409. The van der Waals surface area contributed by atoms with E-state index in [1.54, 1.807) is 24.3 Å². The number of hydrogen-bond acceptors (Lipinski definition) is 3. The molecule has 0 saturated heterocycles. The molecule has 62 valence electrons. The van der Waals surface area contributed by atoms with Crippen molar-refractivity contribution < 1.29 is 4.92 Å². The zero-order chi connectivity index (χ0) is 8.97. The molecule has 0 amide bonds. The van der Waals surface area contributed by atoms with E-state index in [-0.39, 0.29) is 0 Å². The highest BCUT2D eigenvalue weighted by atomic mass is 16.6. The van der Waals surface area contributed by atoms with Gasteiger partial charge in [-0.05, 0) is 17.7 Å². The van der Waals surface area contributed by atoms with Gasteiger partial charge >= 0.3 is 0 Å². The van der Waals surface area contributed by atoms with Gasteiger partial charge in [0.05, 0.1) is 4.92 Å². The molecule has 1 rings (SSSR count). The van der Waals surface area contributed by atoms with E-state index in [9.17, 15) is 10.1 Å². The second-order valence-electron chi connectivity index (χ2n) is 2.27. The predicted molar refractivity (Wildman–Crippen MR) is 46.9 cm³/mol. The fourth-order valence-corrected chi connectivity index (χ4v) is 0.754. The Balaban J connectivity index is 2.77. The summed E-state index contributed by atoms with van der Waals surface area (Å²) in [7, 11) is 0. The van der Waals surface area contributed by atoms with Crippen LogP contribution in [0.5, 0.6) is 0 Å². The molecular weight excluding hydrogens is 156 g/mol. The third-order valence-corrected chi connectivity index (χ3v) is 1.33. The summed E-state index contributed by atoms with van der Waals surface area (Å²) in [6, 6.07) is 6.82. The largest absolute Gasteiger partial charge is 0.399 e. The Morgan fingerprint density at radius 2 is 1.92 bits per heavy atom. The molecule has 0 atom stereocenters. The van der Waals surface area contributed by atoms with E-state index < -0.39 is 4.92 Å². The fraction of sp³-hybridized carbons (Fsp3) is 0. The molecule has 0 radical (unpaired) electrons. The second kappa shape index (κ2) is 3.52. The lowest BCUT2D eigenvalue weighted by molar-refractivity contribution is -0.400. The minimum atomic E-state index is -0.504. The molecule has 0 unspecified atom stereocenters. The molecule has 0 heterocycles. The number of nitrogen functional groups attached to an aromatic ring is 1. The van der Waals surface area contributed by atoms with Gasteiger partial charge < -0.3 is 5.73 Å². The van der Waals surface area contributed by atoms with Gasteiger partial charge in [-0.2, -0.15) is 0 Å². The third kappa shape index (κ3) is 2.42. The maximum Gasteiger partial charge on any atom is 0.235 e. The van der Waals surface area contributed by atoms with Gasteiger partial charge in [0.25, 0.3) is 0 Å². The molecule has 1 aromatic rings. The molecule has 0 spiro atoms. The van der Waals surface area contributed by atoms with Gasteiger partial charge in [0.15, 0.2) is 0 Å². The molecular formula is C8H8N2O2. The zero-order valence-electron chi connectivity index (χ0n) is 6.31. The first-order chi connectivity index (χ1) is 5.68. The van der Waals surface area contributed by atoms with Crippen LogP contribution in [0.25, 0.3) is 6.08 Å². The molecule has 1 aromatic carbocycles. The SMILES string of the molecule is Nc1ccc(/C=C/[N+](=O)[O-])cc1. The molecule has 0 aromatic heterocycles. The highest BCUT2D eigenvalue weighted by Crippen LogP contribution is 2.06. The third-order valence-electron chi connectivity index (χ3n) is 1.33. The van der Waals surface area contributed by atoms with Crippen molar-refractivity contribution in [1.82, 2.24) is 0 Å². The van der Waals surface area contributed by atoms with E-state index in [4.69, 9.17) is 5.73 Å². The molecule has 0 aliphatic carbocycles. The van der Waals surface area contributed by atoms with E-state index in [2.05, 4.69) is 0 Å². The van der Waals surface area contributed by atoms with Crippen molar-refractivity contribution in [2.45, 2.75) is 0 Å². The summed E-state index contributed by atoms with van der Waals surface area (Å²) in [6.45, 7) is 0. The van der Waals surface area contributed by atoms with Gasteiger partial charge in [-0.3, -0.25) is 10.1 Å². The van der Waals surface area contributed by atoms with E-state index in [1.807, 2.05) is 0 Å². The van der Waals surface area contributed by atoms with Gasteiger partial charge in [-0.15, -0.1) is 0 Å². The van der Waals surface area contributed by atoms with Crippen molar-refractivity contribution in [1.29, 1.82) is 0 Å². The van der Waals surface area contributed by atoms with Crippen molar-refractivity contribution in [3.05, 3.63) is 46.1 Å². The lowest BCUT2D eigenvalue weighted by Gasteiger charge is -1.92. The highest BCUT2D eigenvalue weighted by molar-refractivity contribution is 5.52. The minimum absolute atomic E-state index is 0.504. The number of anilines is 1. The van der Waals surface area contributed by atoms with Crippen LogP contribution in [0.15, 0.2) is 30.5 Å². The summed E-state index contributed by atoms with van der Waals surface area (Å²) in [5.74, 6) is 0. The number of nitrogens with zero attached hydrogens (tertiary/aromatic N) is 1. The zero-order valence-corrected chi connectivity index (χ0v) is 6.31. The number of rotatable bonds is 2. The Kier molecular flexibility index (Phi) is 2.42. The first-order valence-corrected chi connectivity index (χ1v) is 3.36. The van der Waals surface area contributed by atoms with Crippen LogP contribution in [0.4, 0.5) is 5.69 Å². The van der Waals surface area contributed by atoms with Crippen molar-refractivity contribution in [3.8, 4) is 0 Å². The number of hydrogen-bond donors (Lipinski definition) is 1. The average molecular weight is 164 g/mol. The molecule has 4 heteroatoms. The van der Waals surface area contributed by atoms with Crippen LogP contribution in [0, 0.1) is 10.1 Å². The van der Waals surface area contributed by atoms with Crippen molar-refractivity contribution in [3.63, 3.8) is 0 Å². The smallest absolute Gasteiger partial charge is 0.235 e. The van der Waals surface area contributed by atoms with Crippen LogP contribution < -0.4 is 5.73 Å². The van der Waals surface area contributed by atoms with Gasteiger partial charge in [0.2, 0.25) is 6.20 Å². The Hall–Kier alpha value is -1.84. The first-order valence-electron chi connectivity index (χ1n) is 3.36. The molecule has 12 heavy (non-hydrogen) atoms. The molecule has 0 bridgehead atoms. The minimum Gasteiger partial charge on any atom is -0.399 e. The van der Waals surface area contributed by atoms with Crippen molar-refractivity contribution in [2.24, 2.45) is 0 Å². The molecule has 0 aliphatic rings. The number of nitrogens with two attached hydrogens (primary N) is 1. The topological polar surface area (TPSA) is 69.2 Å². The monoisotopic (exact) mass is 164 g/mol. The van der Waals surface area contributed by atoms with Crippen molar-refractivity contribution >= 4 is 11.8 Å². The summed E-state index contributed by atoms with van der Waals surface area (Å²) in [5.41, 5.74) is 6.84. The average Bonchev–Trinajstić information content (AvgIpc) is 2.03. The second-order valence-corrected chi connectivity index (χ2v) is 2.27. The maximum atomic E-state index is 9.93. The Bertz CT molecular complexity index is 303. The number of nitro groups is 1. The van der Waals surface area contributed by atoms with E-state index in [0.29, 0.717) is 5.69 Å². The van der Waals surface area contributed by atoms with Gasteiger partial charge in [-0.25, -0.2) is 0 Å². The Labute approximate surface area is 69.5 Å². The normalized spacial score (nSPS) is 10.3. The Morgan fingerprint density at radius 3 is 2.42 bits per heavy atom. The first kappa shape index (κ1) is 8.26. The Morgan fingerprint density at radius 1 is 1.33 bits per heavy atom. The molecule has 2 N–H and O–H groups in total. The summed E-state index contributed by atoms with van der Waals surface area (Å²) in [5, 5.41) is 9.93. The standard InChI is InChI=1S/C8H8N2O2/c9-8-3-1-7(2-4-8)5-6-10(11)12/h1-6H,9H2/b6-5+. The van der Waals surface area contributed by atoms with Crippen LogP contribution in [-0.2, 0) is 0 Å². The van der Waals surface area contributed by atoms with Crippen LogP contribution in [0.2, 0.25) is 0 Å². The van der Waals surface area contributed by atoms with Gasteiger partial charge in [0, 0.05) is 11.8 Å².